The minimum absolute atomic E-state index is 0.0245. The maximum absolute atomic E-state index is 13.0. The highest BCUT2D eigenvalue weighted by atomic mass is 33.1. The van der Waals surface area contributed by atoms with Gasteiger partial charge in [-0.15, -0.1) is 0 Å². The van der Waals surface area contributed by atoms with Gasteiger partial charge in [0.15, 0.2) is 0 Å². The molecule has 0 saturated heterocycles. The largest absolute Gasteiger partial charge is 0.478 e. The quantitative estimate of drug-likeness (QED) is 0.207. The van der Waals surface area contributed by atoms with Crippen molar-refractivity contribution in [3.63, 3.8) is 0 Å². The molecular weight excluding hydrogens is 580 g/mol. The number of fused-ring (bicyclic) bond motifs is 2. The number of carboxylic acids is 2. The smallest absolute Gasteiger partial charge is 0.335 e. The fourth-order valence-electron chi connectivity index (χ4n) is 4.66. The first-order chi connectivity index (χ1) is 20.1. The van der Waals surface area contributed by atoms with Crippen LogP contribution in [0.3, 0.4) is 0 Å². The average Bonchev–Trinajstić information content (AvgIpc) is 3.39. The van der Waals surface area contributed by atoms with Crippen LogP contribution in [0.1, 0.15) is 62.1 Å². The van der Waals surface area contributed by atoms with Crippen LogP contribution in [0.15, 0.2) is 94.7 Å². The minimum Gasteiger partial charge on any atom is -0.478 e. The van der Waals surface area contributed by atoms with Crippen molar-refractivity contribution in [1.82, 2.24) is 0 Å². The van der Waals surface area contributed by atoms with Gasteiger partial charge < -0.3 is 10.2 Å². The summed E-state index contributed by atoms with van der Waals surface area (Å²) in [5.74, 6) is -4.73. The topological polar surface area (TPSA) is 149 Å². The van der Waals surface area contributed by atoms with Gasteiger partial charge in [0, 0.05) is 9.79 Å². The van der Waals surface area contributed by atoms with Crippen LogP contribution in [-0.2, 0) is 0 Å². The highest BCUT2D eigenvalue weighted by Crippen LogP contribution is 2.41. The van der Waals surface area contributed by atoms with E-state index in [4.69, 9.17) is 0 Å². The molecule has 42 heavy (non-hydrogen) atoms. The van der Waals surface area contributed by atoms with Crippen LogP contribution >= 0.6 is 21.6 Å². The third kappa shape index (κ3) is 4.52. The Morgan fingerprint density at radius 1 is 0.500 bits per heavy atom. The molecule has 2 N–H and O–H groups in total. The summed E-state index contributed by atoms with van der Waals surface area (Å²) in [6.07, 6.45) is 0. The van der Waals surface area contributed by atoms with Crippen molar-refractivity contribution in [2.75, 3.05) is 9.80 Å². The predicted molar refractivity (Wildman–Crippen MR) is 154 cm³/mol. The number of nitrogens with zero attached hydrogens (tertiary/aromatic N) is 2. The first-order valence-corrected chi connectivity index (χ1v) is 14.4. The summed E-state index contributed by atoms with van der Waals surface area (Å²) in [6, 6.07) is 21.1. The van der Waals surface area contributed by atoms with Crippen LogP contribution in [0.2, 0.25) is 0 Å². The number of hydrogen-bond donors (Lipinski definition) is 2. The molecule has 206 valence electrons. The Morgan fingerprint density at radius 3 is 1.26 bits per heavy atom. The molecule has 0 aliphatic carbocycles. The lowest BCUT2D eigenvalue weighted by Crippen LogP contribution is -2.29. The number of hydrogen-bond acceptors (Lipinski definition) is 8. The van der Waals surface area contributed by atoms with Crippen LogP contribution in [0.25, 0.3) is 0 Å². The Hall–Kier alpha value is -5.20. The number of carbonyl (C=O) groups excluding carboxylic acids is 4. The Morgan fingerprint density at radius 2 is 0.881 bits per heavy atom. The Balaban J connectivity index is 1.20. The van der Waals surface area contributed by atoms with Crippen LogP contribution in [-0.4, -0.2) is 45.8 Å². The number of benzene rings is 4. The normalized spacial score (nSPS) is 13.9. The number of aromatic carboxylic acids is 2. The van der Waals surface area contributed by atoms with Crippen LogP contribution < -0.4 is 9.80 Å². The molecule has 0 bridgehead atoms. The second-order valence-electron chi connectivity index (χ2n) is 9.18. The Bertz CT molecular complexity index is 1770. The predicted octanol–water partition coefficient (Wildman–Crippen LogP) is 5.48. The molecule has 6 rings (SSSR count). The first-order valence-electron chi connectivity index (χ1n) is 12.2. The van der Waals surface area contributed by atoms with Gasteiger partial charge in [-0.3, -0.25) is 19.2 Å². The number of carboxylic acid groups (broad SMARTS) is 2. The number of rotatable bonds is 7. The number of carbonyl (C=O) groups is 6. The molecule has 10 nitrogen and oxygen atoms in total. The van der Waals surface area contributed by atoms with Crippen molar-refractivity contribution < 1.29 is 39.0 Å². The molecule has 4 amide bonds. The minimum atomic E-state index is -1.20. The molecular formula is C30H16N2O8S2. The molecule has 4 aromatic rings. The monoisotopic (exact) mass is 596 g/mol. The average molecular weight is 597 g/mol. The summed E-state index contributed by atoms with van der Waals surface area (Å²) in [7, 11) is 2.64. The van der Waals surface area contributed by atoms with E-state index in [1.807, 2.05) is 0 Å². The third-order valence-electron chi connectivity index (χ3n) is 6.65. The van der Waals surface area contributed by atoms with E-state index < -0.39 is 35.6 Å². The molecule has 0 spiro atoms. The van der Waals surface area contributed by atoms with E-state index in [1.165, 1.54) is 58.0 Å². The van der Waals surface area contributed by atoms with E-state index in [0.717, 1.165) is 9.80 Å². The maximum Gasteiger partial charge on any atom is 0.335 e. The zero-order valence-corrected chi connectivity index (χ0v) is 22.8. The van der Waals surface area contributed by atoms with Crippen LogP contribution in [0, 0.1) is 0 Å². The lowest BCUT2D eigenvalue weighted by Gasteiger charge is -2.15. The zero-order valence-electron chi connectivity index (χ0n) is 21.1. The summed E-state index contributed by atoms with van der Waals surface area (Å²) in [4.78, 5) is 78.1. The van der Waals surface area contributed by atoms with Gasteiger partial charge in [0.05, 0.1) is 44.8 Å². The van der Waals surface area contributed by atoms with E-state index in [9.17, 15) is 39.0 Å². The van der Waals surface area contributed by atoms with E-state index in [2.05, 4.69) is 0 Å². The van der Waals surface area contributed by atoms with Gasteiger partial charge in [0.1, 0.15) is 0 Å². The Labute approximate surface area is 245 Å². The molecule has 0 fully saturated rings. The van der Waals surface area contributed by atoms with Gasteiger partial charge in [-0.1, -0.05) is 33.7 Å². The zero-order chi connectivity index (χ0) is 29.7. The van der Waals surface area contributed by atoms with Gasteiger partial charge in [-0.25, -0.2) is 19.4 Å². The van der Waals surface area contributed by atoms with Crippen molar-refractivity contribution in [3.05, 3.63) is 118 Å². The SMILES string of the molecule is O=C(O)c1ccc2c(c1)C(=O)N(c1cccc(SSc3cccc(N4C(=O)c5ccc(C(=O)O)cc5C4=O)c3)c1)C2=O. The fourth-order valence-corrected chi connectivity index (χ4v) is 6.66. The molecule has 0 radical (unpaired) electrons. The molecule has 0 saturated carbocycles. The number of amides is 4. The summed E-state index contributed by atoms with van der Waals surface area (Å²) < 4.78 is 0. The second kappa shape index (κ2) is 10.3. The third-order valence-corrected chi connectivity index (χ3v) is 9.03. The molecule has 2 aliphatic rings. The molecule has 2 aliphatic heterocycles. The standard InChI is InChI=1S/C30H16N2O8S2/c33-25-21-9-7-15(29(37)38)11-23(21)27(35)31(25)17-3-1-5-19(13-17)41-42-20-6-2-4-18(14-20)32-26(34)22-10-8-16(30(39)40)12-24(22)28(32)36/h1-14H,(H,37,38)(H,39,40). The van der Waals surface area contributed by atoms with Crippen LogP contribution in [0.4, 0.5) is 11.4 Å². The van der Waals surface area contributed by atoms with Gasteiger partial charge in [-0.2, -0.15) is 0 Å². The summed E-state index contributed by atoms with van der Waals surface area (Å²) in [5, 5.41) is 18.5. The van der Waals surface area contributed by atoms with E-state index in [0.29, 0.717) is 21.2 Å². The maximum atomic E-state index is 13.0. The Kier molecular flexibility index (Phi) is 6.64. The molecule has 2 heterocycles. The lowest BCUT2D eigenvalue weighted by molar-refractivity contribution is 0.0686. The van der Waals surface area contributed by atoms with E-state index >= 15 is 0 Å². The van der Waals surface area contributed by atoms with Crippen molar-refractivity contribution in [2.24, 2.45) is 0 Å². The van der Waals surface area contributed by atoms with Crippen molar-refractivity contribution in [1.29, 1.82) is 0 Å². The van der Waals surface area contributed by atoms with E-state index in [1.54, 1.807) is 48.5 Å². The van der Waals surface area contributed by atoms with Gasteiger partial charge in [0.2, 0.25) is 0 Å². The number of anilines is 2. The van der Waals surface area contributed by atoms with Crippen molar-refractivity contribution >= 4 is 68.5 Å². The van der Waals surface area contributed by atoms with Crippen LogP contribution in [0.5, 0.6) is 0 Å². The van der Waals surface area contributed by atoms with Crippen molar-refractivity contribution in [3.8, 4) is 0 Å². The summed E-state index contributed by atoms with van der Waals surface area (Å²) in [6.45, 7) is 0. The first kappa shape index (κ1) is 27.0. The summed E-state index contributed by atoms with van der Waals surface area (Å²) >= 11 is 0. The van der Waals surface area contributed by atoms with Gasteiger partial charge in [-0.05, 0) is 72.8 Å². The lowest BCUT2D eigenvalue weighted by atomic mass is 10.1. The summed E-state index contributed by atoms with van der Waals surface area (Å²) in [5.41, 5.74) is 0.765. The second-order valence-corrected chi connectivity index (χ2v) is 11.5. The molecule has 4 aromatic carbocycles. The van der Waals surface area contributed by atoms with Crippen molar-refractivity contribution in [2.45, 2.75) is 9.79 Å². The molecule has 0 atom stereocenters. The fraction of sp³-hybridized carbons (Fsp3) is 0. The number of imide groups is 2. The molecule has 0 unspecified atom stereocenters. The molecule has 12 heteroatoms. The van der Waals surface area contributed by atoms with Gasteiger partial charge >= 0.3 is 11.9 Å². The van der Waals surface area contributed by atoms with Gasteiger partial charge in [0.25, 0.3) is 23.6 Å². The highest BCUT2D eigenvalue weighted by molar-refractivity contribution is 8.76. The highest BCUT2D eigenvalue weighted by Gasteiger charge is 2.38. The molecule has 0 aromatic heterocycles. The van der Waals surface area contributed by atoms with E-state index in [-0.39, 0.29) is 33.4 Å².